The third kappa shape index (κ3) is 2.71. The van der Waals surface area contributed by atoms with E-state index in [-0.39, 0.29) is 23.0 Å². The van der Waals surface area contributed by atoms with Crippen molar-refractivity contribution in [3.8, 4) is 0 Å². The number of likely N-dealkylation sites (N-methyl/N-ethyl adjacent to an activating group) is 1. The summed E-state index contributed by atoms with van der Waals surface area (Å²) in [6, 6.07) is 6.30. The number of benzene rings is 1. The molecule has 1 aromatic carbocycles. The van der Waals surface area contributed by atoms with Crippen LogP contribution in [0, 0.1) is 0 Å². The van der Waals surface area contributed by atoms with E-state index in [4.69, 9.17) is 5.73 Å². The summed E-state index contributed by atoms with van der Waals surface area (Å²) in [7, 11) is -2.04. The van der Waals surface area contributed by atoms with E-state index in [9.17, 15) is 13.2 Å². The third-order valence-corrected chi connectivity index (χ3v) is 5.09. The molecule has 7 heteroatoms. The van der Waals surface area contributed by atoms with Gasteiger partial charge >= 0.3 is 0 Å². The smallest absolute Gasteiger partial charge is 0.245 e. The van der Waals surface area contributed by atoms with E-state index in [2.05, 4.69) is 0 Å². The van der Waals surface area contributed by atoms with E-state index in [1.165, 1.54) is 10.4 Å². The second-order valence-corrected chi connectivity index (χ2v) is 6.45. The van der Waals surface area contributed by atoms with E-state index in [1.54, 1.807) is 30.1 Å². The first-order valence-electron chi connectivity index (χ1n) is 6.01. The Hall–Kier alpha value is -1.60. The van der Waals surface area contributed by atoms with Gasteiger partial charge in [-0.15, -0.1) is 0 Å². The van der Waals surface area contributed by atoms with Gasteiger partial charge in [-0.1, -0.05) is 12.1 Å². The lowest BCUT2D eigenvalue weighted by molar-refractivity contribution is -0.129. The topological polar surface area (TPSA) is 83.7 Å². The fourth-order valence-electron chi connectivity index (χ4n) is 2.02. The number of amides is 1. The first kappa shape index (κ1) is 13.8. The van der Waals surface area contributed by atoms with Crippen LogP contribution < -0.4 is 5.73 Å². The van der Waals surface area contributed by atoms with E-state index < -0.39 is 10.0 Å². The van der Waals surface area contributed by atoms with Gasteiger partial charge < -0.3 is 10.6 Å². The number of sulfonamides is 1. The zero-order valence-corrected chi connectivity index (χ0v) is 11.6. The van der Waals surface area contributed by atoms with Crippen LogP contribution in [0.1, 0.15) is 6.42 Å². The van der Waals surface area contributed by atoms with Crippen molar-refractivity contribution in [2.24, 2.45) is 0 Å². The molecule has 0 atom stereocenters. The number of nitrogens with zero attached hydrogens (tertiary/aromatic N) is 2. The molecular formula is C12H17N3O3S. The van der Waals surface area contributed by atoms with Gasteiger partial charge in [-0.3, -0.25) is 4.79 Å². The van der Waals surface area contributed by atoms with Crippen LogP contribution in [-0.4, -0.2) is 50.2 Å². The van der Waals surface area contributed by atoms with Crippen molar-refractivity contribution in [2.45, 2.75) is 11.3 Å². The number of hydrogen-bond donors (Lipinski definition) is 1. The van der Waals surface area contributed by atoms with Gasteiger partial charge in [-0.2, -0.15) is 4.31 Å². The Morgan fingerprint density at radius 2 is 1.89 bits per heavy atom. The van der Waals surface area contributed by atoms with Crippen molar-refractivity contribution in [1.29, 1.82) is 0 Å². The number of para-hydroxylation sites is 1. The van der Waals surface area contributed by atoms with Crippen LogP contribution in [0.5, 0.6) is 0 Å². The van der Waals surface area contributed by atoms with Crippen LogP contribution in [0.15, 0.2) is 29.2 Å². The predicted molar refractivity (Wildman–Crippen MR) is 71.9 cm³/mol. The minimum atomic E-state index is -3.71. The molecular weight excluding hydrogens is 266 g/mol. The Morgan fingerprint density at radius 1 is 1.21 bits per heavy atom. The summed E-state index contributed by atoms with van der Waals surface area (Å²) in [6.45, 7) is 0.759. The van der Waals surface area contributed by atoms with Crippen molar-refractivity contribution in [3.05, 3.63) is 24.3 Å². The molecule has 0 radical (unpaired) electrons. The minimum Gasteiger partial charge on any atom is -0.398 e. The summed E-state index contributed by atoms with van der Waals surface area (Å²) in [6.07, 6.45) is 0.619. The first-order valence-corrected chi connectivity index (χ1v) is 7.45. The second-order valence-electron chi connectivity index (χ2n) is 4.55. The number of nitrogen functional groups attached to an aromatic ring is 1. The van der Waals surface area contributed by atoms with E-state index >= 15 is 0 Å². The van der Waals surface area contributed by atoms with Crippen LogP contribution in [0.25, 0.3) is 0 Å². The first-order chi connectivity index (χ1) is 8.93. The van der Waals surface area contributed by atoms with Crippen molar-refractivity contribution in [2.75, 3.05) is 32.4 Å². The summed E-state index contributed by atoms with van der Waals surface area (Å²) < 4.78 is 26.2. The zero-order chi connectivity index (χ0) is 14.0. The molecule has 0 unspecified atom stereocenters. The quantitative estimate of drug-likeness (QED) is 0.782. The molecule has 0 spiro atoms. The standard InChI is InChI=1S/C12H17N3O3S/c1-14-7-4-8-15(9-12(14)16)19(17,18)11-6-3-2-5-10(11)13/h2-3,5-6H,4,7-9,13H2,1H3. The van der Waals surface area contributed by atoms with Crippen LogP contribution in [0.4, 0.5) is 5.69 Å². The van der Waals surface area contributed by atoms with Gasteiger partial charge in [0.2, 0.25) is 15.9 Å². The van der Waals surface area contributed by atoms with Crippen molar-refractivity contribution < 1.29 is 13.2 Å². The fraction of sp³-hybridized carbons (Fsp3) is 0.417. The molecule has 104 valence electrons. The van der Waals surface area contributed by atoms with Crippen LogP contribution in [0.2, 0.25) is 0 Å². The monoisotopic (exact) mass is 283 g/mol. The molecule has 1 aromatic rings. The molecule has 1 aliphatic heterocycles. The van der Waals surface area contributed by atoms with Gasteiger partial charge in [-0.25, -0.2) is 8.42 Å². The second kappa shape index (κ2) is 5.18. The SMILES string of the molecule is CN1CCCN(S(=O)(=O)c2ccccc2N)CC1=O. The Labute approximate surface area is 112 Å². The Kier molecular flexibility index (Phi) is 3.77. The lowest BCUT2D eigenvalue weighted by Crippen LogP contribution is -2.38. The maximum Gasteiger partial charge on any atom is 0.245 e. The normalized spacial score (nSPS) is 18.4. The zero-order valence-electron chi connectivity index (χ0n) is 10.7. The largest absolute Gasteiger partial charge is 0.398 e. The minimum absolute atomic E-state index is 0.0624. The van der Waals surface area contributed by atoms with Gasteiger partial charge in [0, 0.05) is 20.1 Å². The fourth-order valence-corrected chi connectivity index (χ4v) is 3.56. The summed E-state index contributed by atoms with van der Waals surface area (Å²) in [5.41, 5.74) is 5.91. The molecule has 0 aromatic heterocycles. The average Bonchev–Trinajstić information content (AvgIpc) is 2.53. The number of nitrogens with two attached hydrogens (primary N) is 1. The summed E-state index contributed by atoms with van der Waals surface area (Å²) in [5.74, 6) is -0.199. The highest BCUT2D eigenvalue weighted by Crippen LogP contribution is 2.22. The van der Waals surface area contributed by atoms with E-state index in [0.29, 0.717) is 19.5 Å². The predicted octanol–water partition coefficient (Wildman–Crippen LogP) is 0.122. The molecule has 0 bridgehead atoms. The highest BCUT2D eigenvalue weighted by molar-refractivity contribution is 7.89. The molecule has 1 amide bonds. The van der Waals surface area contributed by atoms with Gasteiger partial charge in [0.25, 0.3) is 0 Å². The molecule has 1 aliphatic rings. The summed E-state index contributed by atoms with van der Waals surface area (Å²) >= 11 is 0. The number of rotatable bonds is 2. The maximum absolute atomic E-state index is 12.5. The molecule has 0 aliphatic carbocycles. The molecule has 1 fully saturated rings. The number of hydrogen-bond acceptors (Lipinski definition) is 4. The van der Waals surface area contributed by atoms with Crippen molar-refractivity contribution >= 4 is 21.6 Å². The maximum atomic E-state index is 12.5. The molecule has 6 nitrogen and oxygen atoms in total. The third-order valence-electron chi connectivity index (χ3n) is 3.18. The molecule has 19 heavy (non-hydrogen) atoms. The number of anilines is 1. The highest BCUT2D eigenvalue weighted by atomic mass is 32.2. The molecule has 2 N–H and O–H groups in total. The van der Waals surface area contributed by atoms with Gasteiger partial charge in [0.1, 0.15) is 4.90 Å². The van der Waals surface area contributed by atoms with Crippen LogP contribution >= 0.6 is 0 Å². The highest BCUT2D eigenvalue weighted by Gasteiger charge is 2.30. The summed E-state index contributed by atoms with van der Waals surface area (Å²) in [5, 5.41) is 0. The molecule has 1 heterocycles. The number of carbonyl (C=O) groups is 1. The molecule has 0 saturated carbocycles. The van der Waals surface area contributed by atoms with Crippen molar-refractivity contribution in [1.82, 2.24) is 9.21 Å². The Morgan fingerprint density at radius 3 is 2.58 bits per heavy atom. The van der Waals surface area contributed by atoms with Crippen molar-refractivity contribution in [3.63, 3.8) is 0 Å². The Balaban J connectivity index is 2.35. The lowest BCUT2D eigenvalue weighted by Gasteiger charge is -2.20. The molecule has 2 rings (SSSR count). The van der Waals surface area contributed by atoms with Crippen LogP contribution in [-0.2, 0) is 14.8 Å². The number of carbonyl (C=O) groups excluding carboxylic acids is 1. The Bertz CT molecular complexity index is 586. The van der Waals surface area contributed by atoms with E-state index in [1.807, 2.05) is 0 Å². The molecule has 1 saturated heterocycles. The van der Waals surface area contributed by atoms with Gasteiger partial charge in [0.15, 0.2) is 0 Å². The average molecular weight is 283 g/mol. The lowest BCUT2D eigenvalue weighted by atomic mass is 10.3. The van der Waals surface area contributed by atoms with E-state index in [0.717, 1.165) is 0 Å². The van der Waals surface area contributed by atoms with Gasteiger partial charge in [0.05, 0.1) is 12.2 Å². The van der Waals surface area contributed by atoms with Crippen LogP contribution in [0.3, 0.4) is 0 Å². The summed E-state index contributed by atoms with van der Waals surface area (Å²) in [4.78, 5) is 13.4. The van der Waals surface area contributed by atoms with Gasteiger partial charge in [-0.05, 0) is 18.6 Å².